The second-order valence-corrected chi connectivity index (χ2v) is 9.27. The number of pyridine rings is 1. The van der Waals surface area contributed by atoms with Crippen LogP contribution in [0.15, 0.2) is 79.1 Å². The van der Waals surface area contributed by atoms with Gasteiger partial charge in [0.25, 0.3) is 0 Å². The summed E-state index contributed by atoms with van der Waals surface area (Å²) in [6.45, 7) is 1.29. The molecule has 0 amide bonds. The second kappa shape index (κ2) is 8.12. The lowest BCUT2D eigenvalue weighted by molar-refractivity contribution is -0.126. The van der Waals surface area contributed by atoms with Crippen molar-refractivity contribution in [2.24, 2.45) is 5.41 Å². The summed E-state index contributed by atoms with van der Waals surface area (Å²) in [5.74, 6) is 0.634. The zero-order valence-corrected chi connectivity index (χ0v) is 19.7. The molecule has 0 bridgehead atoms. The number of ketones is 1. The first-order valence-corrected chi connectivity index (χ1v) is 11.7. The van der Waals surface area contributed by atoms with Crippen LogP contribution in [0.2, 0.25) is 5.15 Å². The SMILES string of the molecule is CC(=O)C1(CO)C=C(c2nc(-c3ccc4ccc(-c5ccccc5)nc4c3)c3c(Cl)nccn23)C1. The van der Waals surface area contributed by atoms with Crippen molar-refractivity contribution in [3.63, 3.8) is 0 Å². The van der Waals surface area contributed by atoms with Crippen LogP contribution in [0.4, 0.5) is 0 Å². The maximum Gasteiger partial charge on any atom is 0.155 e. The van der Waals surface area contributed by atoms with E-state index in [1.807, 2.05) is 71.3 Å². The number of carbonyl (C=O) groups is 1. The van der Waals surface area contributed by atoms with Gasteiger partial charge in [0.2, 0.25) is 0 Å². The molecule has 1 aliphatic rings. The number of rotatable bonds is 5. The smallest absolute Gasteiger partial charge is 0.155 e. The Labute approximate surface area is 206 Å². The Morgan fingerprint density at radius 2 is 1.86 bits per heavy atom. The summed E-state index contributed by atoms with van der Waals surface area (Å²) in [5.41, 5.74) is 5.11. The van der Waals surface area contributed by atoms with Crippen molar-refractivity contribution in [2.45, 2.75) is 13.3 Å². The van der Waals surface area contributed by atoms with E-state index in [9.17, 15) is 9.90 Å². The number of hydrogen-bond acceptors (Lipinski definition) is 5. The van der Waals surface area contributed by atoms with E-state index in [2.05, 4.69) is 11.1 Å². The summed E-state index contributed by atoms with van der Waals surface area (Å²) in [5, 5.41) is 11.2. The fourth-order valence-corrected chi connectivity index (χ4v) is 4.93. The molecule has 3 heterocycles. The fourth-order valence-electron chi connectivity index (χ4n) is 4.69. The number of nitrogens with zero attached hydrogens (tertiary/aromatic N) is 4. The Balaban J connectivity index is 1.51. The molecule has 0 saturated carbocycles. The molecule has 6 rings (SSSR count). The van der Waals surface area contributed by atoms with E-state index in [1.165, 1.54) is 6.92 Å². The number of fused-ring (bicyclic) bond motifs is 2. The summed E-state index contributed by atoms with van der Waals surface area (Å²) in [7, 11) is 0. The van der Waals surface area contributed by atoms with Gasteiger partial charge in [0.1, 0.15) is 22.8 Å². The number of carbonyl (C=O) groups excluding carboxylic acids is 1. The average molecular weight is 481 g/mol. The minimum Gasteiger partial charge on any atom is -0.395 e. The Morgan fingerprint density at radius 3 is 2.60 bits per heavy atom. The van der Waals surface area contributed by atoms with Gasteiger partial charge in [-0.3, -0.25) is 9.20 Å². The van der Waals surface area contributed by atoms with Gasteiger partial charge in [0.15, 0.2) is 5.15 Å². The maximum absolute atomic E-state index is 12.1. The van der Waals surface area contributed by atoms with Gasteiger partial charge >= 0.3 is 0 Å². The molecule has 0 saturated heterocycles. The highest BCUT2D eigenvalue weighted by Gasteiger charge is 2.42. The van der Waals surface area contributed by atoms with Crippen molar-refractivity contribution in [2.75, 3.05) is 6.61 Å². The predicted molar refractivity (Wildman–Crippen MR) is 137 cm³/mol. The fraction of sp³-hybridized carbons (Fsp3) is 0.143. The first kappa shape index (κ1) is 21.6. The van der Waals surface area contributed by atoms with E-state index in [0.717, 1.165) is 33.3 Å². The van der Waals surface area contributed by atoms with Gasteiger partial charge in [-0.25, -0.2) is 15.0 Å². The van der Waals surface area contributed by atoms with E-state index < -0.39 is 5.41 Å². The molecule has 1 unspecified atom stereocenters. The number of aliphatic hydroxyl groups is 1. The quantitative estimate of drug-likeness (QED) is 0.353. The molecule has 1 aliphatic carbocycles. The van der Waals surface area contributed by atoms with Crippen LogP contribution in [0.25, 0.3) is 44.5 Å². The van der Waals surface area contributed by atoms with E-state index in [-0.39, 0.29) is 12.4 Å². The van der Waals surface area contributed by atoms with Gasteiger partial charge < -0.3 is 5.11 Å². The van der Waals surface area contributed by atoms with Gasteiger partial charge in [-0.15, -0.1) is 0 Å². The van der Waals surface area contributed by atoms with Crippen molar-refractivity contribution in [3.05, 3.63) is 90.1 Å². The highest BCUT2D eigenvalue weighted by Crippen LogP contribution is 2.45. The van der Waals surface area contributed by atoms with Crippen LogP contribution in [-0.2, 0) is 4.79 Å². The molecule has 1 N–H and O–H groups in total. The van der Waals surface area contributed by atoms with Crippen LogP contribution in [0.5, 0.6) is 0 Å². The lowest BCUT2D eigenvalue weighted by Crippen LogP contribution is -2.37. The van der Waals surface area contributed by atoms with Crippen LogP contribution in [0.3, 0.4) is 0 Å². The van der Waals surface area contributed by atoms with Gasteiger partial charge in [-0.2, -0.15) is 0 Å². The van der Waals surface area contributed by atoms with Crippen molar-refractivity contribution in [1.82, 2.24) is 19.4 Å². The van der Waals surface area contributed by atoms with Crippen LogP contribution in [-0.4, -0.2) is 36.8 Å². The number of aromatic nitrogens is 4. The Kier molecular flexibility index (Phi) is 5.02. The zero-order valence-electron chi connectivity index (χ0n) is 18.9. The summed E-state index contributed by atoms with van der Waals surface area (Å²) >= 11 is 6.55. The first-order chi connectivity index (χ1) is 17.0. The number of Topliss-reactive ketones (excluding diaryl/α,β-unsaturated/α-hetero) is 1. The van der Waals surface area contributed by atoms with E-state index >= 15 is 0 Å². The van der Waals surface area contributed by atoms with Crippen molar-refractivity contribution < 1.29 is 9.90 Å². The van der Waals surface area contributed by atoms with Crippen LogP contribution >= 0.6 is 11.6 Å². The van der Waals surface area contributed by atoms with E-state index in [0.29, 0.717) is 28.6 Å². The summed E-state index contributed by atoms with van der Waals surface area (Å²) in [6, 6.07) is 20.2. The standard InChI is InChI=1S/C28H21ClN4O2/c1-17(35)28(16-34)14-21(15-28)27-32-24(25-26(29)30-11-12-33(25)27)20-8-7-19-9-10-22(31-23(19)13-20)18-5-3-2-4-6-18/h2-14,34H,15-16H2,1H3. The van der Waals surface area contributed by atoms with Crippen molar-refractivity contribution in [1.29, 1.82) is 0 Å². The molecule has 3 aromatic heterocycles. The average Bonchev–Trinajstić information content (AvgIpc) is 3.24. The molecule has 6 nitrogen and oxygen atoms in total. The van der Waals surface area contributed by atoms with Crippen LogP contribution in [0.1, 0.15) is 19.2 Å². The molecule has 172 valence electrons. The maximum atomic E-state index is 12.1. The van der Waals surface area contributed by atoms with Gasteiger partial charge in [-0.1, -0.05) is 66.2 Å². The monoisotopic (exact) mass is 480 g/mol. The Hall–Kier alpha value is -3.87. The molecule has 1 atom stereocenters. The third kappa shape index (κ3) is 3.45. The second-order valence-electron chi connectivity index (χ2n) is 8.91. The molecular weight excluding hydrogens is 460 g/mol. The molecular formula is C28H21ClN4O2. The topological polar surface area (TPSA) is 80.4 Å². The molecule has 5 aromatic rings. The number of halogens is 1. The molecule has 2 aromatic carbocycles. The summed E-state index contributed by atoms with van der Waals surface area (Å²) in [4.78, 5) is 26.2. The number of aliphatic hydroxyl groups excluding tert-OH is 1. The largest absolute Gasteiger partial charge is 0.395 e. The van der Waals surface area contributed by atoms with Crippen molar-refractivity contribution >= 4 is 39.4 Å². The third-order valence-electron chi connectivity index (χ3n) is 6.77. The van der Waals surface area contributed by atoms with E-state index in [1.54, 1.807) is 6.20 Å². The lowest BCUT2D eigenvalue weighted by atomic mass is 9.69. The number of benzene rings is 2. The minimum absolute atomic E-state index is 0.0561. The Morgan fingerprint density at radius 1 is 1.09 bits per heavy atom. The van der Waals surface area contributed by atoms with Gasteiger partial charge in [-0.05, 0) is 31.1 Å². The first-order valence-electron chi connectivity index (χ1n) is 11.3. The van der Waals surface area contributed by atoms with Crippen LogP contribution < -0.4 is 0 Å². The summed E-state index contributed by atoms with van der Waals surface area (Å²) < 4.78 is 1.90. The van der Waals surface area contributed by atoms with Gasteiger partial charge in [0, 0.05) is 28.9 Å². The van der Waals surface area contributed by atoms with Crippen molar-refractivity contribution in [3.8, 4) is 22.5 Å². The highest BCUT2D eigenvalue weighted by molar-refractivity contribution is 6.33. The zero-order chi connectivity index (χ0) is 24.2. The third-order valence-corrected chi connectivity index (χ3v) is 7.05. The minimum atomic E-state index is -0.834. The molecule has 0 radical (unpaired) electrons. The van der Waals surface area contributed by atoms with Crippen LogP contribution in [0, 0.1) is 5.41 Å². The Bertz CT molecular complexity index is 1660. The lowest BCUT2D eigenvalue weighted by Gasteiger charge is -2.35. The number of hydrogen-bond donors (Lipinski definition) is 1. The van der Waals surface area contributed by atoms with Gasteiger partial charge in [0.05, 0.1) is 23.2 Å². The number of imidazole rings is 1. The normalized spacial score (nSPS) is 17.4. The predicted octanol–water partition coefficient (Wildman–Crippen LogP) is 5.62. The number of allylic oxidation sites excluding steroid dienone is 1. The molecule has 7 heteroatoms. The summed E-state index contributed by atoms with van der Waals surface area (Å²) in [6.07, 6.45) is 5.68. The highest BCUT2D eigenvalue weighted by atomic mass is 35.5. The molecule has 0 aliphatic heterocycles. The van der Waals surface area contributed by atoms with E-state index in [4.69, 9.17) is 21.6 Å². The molecule has 0 fully saturated rings. The molecule has 35 heavy (non-hydrogen) atoms. The molecule has 0 spiro atoms.